The number of amides is 1. The quantitative estimate of drug-likeness (QED) is 0.459. The third kappa shape index (κ3) is 2.00. The molecule has 0 bridgehead atoms. The van der Waals surface area contributed by atoms with E-state index in [0.29, 0.717) is 6.26 Å². The van der Waals surface area contributed by atoms with Crippen LogP contribution in [0.5, 0.6) is 5.75 Å². The summed E-state index contributed by atoms with van der Waals surface area (Å²) in [5.41, 5.74) is -0.872. The summed E-state index contributed by atoms with van der Waals surface area (Å²) < 4.78 is 0. The molecule has 1 amide bonds. The molecule has 0 fully saturated rings. The Labute approximate surface area is 134 Å². The second-order valence-electron chi connectivity index (χ2n) is 5.22. The SMILES string of the molecule is CNC(=O)c1ccc(=O)c2nc3c(=CO)c(O)c(C)c(=O)c3[nH]c12. The molecule has 0 aliphatic carbocycles. The van der Waals surface area contributed by atoms with Crippen LogP contribution in [0.2, 0.25) is 0 Å². The molecule has 4 N–H and O–H groups in total. The predicted molar refractivity (Wildman–Crippen MR) is 88.2 cm³/mol. The van der Waals surface area contributed by atoms with Crippen LogP contribution < -0.4 is 21.4 Å². The number of carbonyl (C=O) groups excluding carboxylic acids is 1. The number of aliphatic hydroxyl groups excluding tert-OH is 1. The van der Waals surface area contributed by atoms with Gasteiger partial charge in [-0.15, -0.1) is 0 Å². The van der Waals surface area contributed by atoms with E-state index >= 15 is 0 Å². The van der Waals surface area contributed by atoms with E-state index in [2.05, 4.69) is 15.3 Å². The van der Waals surface area contributed by atoms with Crippen LogP contribution in [-0.4, -0.2) is 33.1 Å². The smallest absolute Gasteiger partial charge is 0.253 e. The number of aromatic nitrogens is 2. The van der Waals surface area contributed by atoms with Gasteiger partial charge >= 0.3 is 0 Å². The van der Waals surface area contributed by atoms with Gasteiger partial charge in [-0.1, -0.05) is 0 Å². The lowest BCUT2D eigenvalue weighted by Crippen LogP contribution is -2.22. The lowest BCUT2D eigenvalue weighted by Gasteiger charge is -2.08. The van der Waals surface area contributed by atoms with Gasteiger partial charge in [0, 0.05) is 12.6 Å². The second-order valence-corrected chi connectivity index (χ2v) is 5.22. The van der Waals surface area contributed by atoms with Gasteiger partial charge in [0.05, 0.1) is 22.6 Å². The molecule has 8 heteroatoms. The van der Waals surface area contributed by atoms with Crippen LogP contribution in [0, 0.1) is 6.92 Å². The molecule has 0 unspecified atom stereocenters. The van der Waals surface area contributed by atoms with Crippen molar-refractivity contribution in [2.75, 3.05) is 7.05 Å². The molecule has 1 aromatic heterocycles. The molecule has 3 aromatic rings. The Balaban J connectivity index is 2.66. The van der Waals surface area contributed by atoms with Gasteiger partial charge in [0.1, 0.15) is 22.3 Å². The number of phenolic OH excluding ortho intramolecular Hbond substituents is 1. The molecule has 3 rings (SSSR count). The van der Waals surface area contributed by atoms with Crippen molar-refractivity contribution in [1.82, 2.24) is 15.3 Å². The number of fused-ring (bicyclic) bond motifs is 2. The number of benzene rings is 2. The lowest BCUT2D eigenvalue weighted by atomic mass is 10.1. The number of aliphatic hydroxyl groups is 1. The van der Waals surface area contributed by atoms with Crippen molar-refractivity contribution in [2.45, 2.75) is 6.92 Å². The molecule has 0 aliphatic heterocycles. The Morgan fingerprint density at radius 1 is 1.25 bits per heavy atom. The van der Waals surface area contributed by atoms with E-state index in [-0.39, 0.29) is 38.4 Å². The minimum Gasteiger partial charge on any atom is -0.515 e. The van der Waals surface area contributed by atoms with Gasteiger partial charge < -0.3 is 20.5 Å². The summed E-state index contributed by atoms with van der Waals surface area (Å²) in [4.78, 5) is 43.3. The second kappa shape index (κ2) is 5.34. The first-order valence-corrected chi connectivity index (χ1v) is 6.99. The summed E-state index contributed by atoms with van der Waals surface area (Å²) in [5, 5.41) is 21.7. The Morgan fingerprint density at radius 2 is 1.96 bits per heavy atom. The molecular formula is C16H13N3O5. The van der Waals surface area contributed by atoms with Gasteiger partial charge in [0.2, 0.25) is 10.9 Å². The van der Waals surface area contributed by atoms with Crippen molar-refractivity contribution in [3.05, 3.63) is 48.9 Å². The van der Waals surface area contributed by atoms with Crippen LogP contribution in [-0.2, 0) is 0 Å². The minimum atomic E-state index is -0.540. The predicted octanol–water partition coefficient (Wildman–Crippen LogP) is -0.175. The van der Waals surface area contributed by atoms with Crippen molar-refractivity contribution in [1.29, 1.82) is 0 Å². The van der Waals surface area contributed by atoms with Gasteiger partial charge in [-0.2, -0.15) is 0 Å². The van der Waals surface area contributed by atoms with Gasteiger partial charge in [-0.3, -0.25) is 14.4 Å². The van der Waals surface area contributed by atoms with Gasteiger partial charge in [-0.05, 0) is 19.1 Å². The number of hydrogen-bond acceptors (Lipinski definition) is 6. The number of H-pyrrole nitrogens is 1. The fraction of sp³-hybridized carbons (Fsp3) is 0.125. The number of nitrogens with one attached hydrogen (secondary N) is 2. The maximum Gasteiger partial charge on any atom is 0.253 e. The average Bonchev–Trinajstić information content (AvgIpc) is 2.59. The number of rotatable bonds is 1. The molecule has 1 heterocycles. The number of aromatic amines is 1. The van der Waals surface area contributed by atoms with Crippen LogP contribution in [0.4, 0.5) is 0 Å². The van der Waals surface area contributed by atoms with Crippen molar-refractivity contribution in [3.8, 4) is 5.75 Å². The zero-order valence-corrected chi connectivity index (χ0v) is 12.8. The lowest BCUT2D eigenvalue weighted by molar-refractivity contribution is 0.0964. The monoisotopic (exact) mass is 327 g/mol. The van der Waals surface area contributed by atoms with Gasteiger partial charge in [-0.25, -0.2) is 4.98 Å². The highest BCUT2D eigenvalue weighted by molar-refractivity contribution is 6.06. The molecule has 2 aromatic carbocycles. The molecular weight excluding hydrogens is 314 g/mol. The Bertz CT molecular complexity index is 1180. The zero-order valence-electron chi connectivity index (χ0n) is 12.8. The van der Waals surface area contributed by atoms with Crippen molar-refractivity contribution in [3.63, 3.8) is 0 Å². The molecule has 0 radical (unpaired) electrons. The van der Waals surface area contributed by atoms with Crippen LogP contribution in [0.1, 0.15) is 15.9 Å². The maximum absolute atomic E-state index is 12.4. The minimum absolute atomic E-state index is 0.0139. The first kappa shape index (κ1) is 15.5. The summed E-state index contributed by atoms with van der Waals surface area (Å²) >= 11 is 0. The van der Waals surface area contributed by atoms with Crippen molar-refractivity contribution < 1.29 is 15.0 Å². The number of aromatic hydroxyl groups is 1. The van der Waals surface area contributed by atoms with E-state index in [1.54, 1.807) is 0 Å². The molecule has 0 saturated heterocycles. The average molecular weight is 327 g/mol. The van der Waals surface area contributed by atoms with Crippen LogP contribution >= 0.6 is 0 Å². The molecule has 0 atom stereocenters. The van der Waals surface area contributed by atoms with Crippen LogP contribution in [0.3, 0.4) is 0 Å². The first-order chi connectivity index (χ1) is 11.4. The van der Waals surface area contributed by atoms with Gasteiger partial charge in [0.25, 0.3) is 5.91 Å². The molecule has 0 aliphatic rings. The first-order valence-electron chi connectivity index (χ1n) is 6.99. The standard InChI is InChI=1S/C16H13N3O5/c1-6-14(22)8(5-20)11-13(15(6)23)19-10-7(16(24)17-2)3-4-9(21)12(10)18-11/h3-5,19-20,22H,1-2H3,(H,17,24). The third-order valence-electron chi connectivity index (χ3n) is 3.89. The normalized spacial score (nSPS) is 12.0. The van der Waals surface area contributed by atoms with E-state index in [0.717, 1.165) is 0 Å². The van der Waals surface area contributed by atoms with E-state index < -0.39 is 22.5 Å². The van der Waals surface area contributed by atoms with E-state index in [1.807, 2.05) is 0 Å². The fourth-order valence-electron chi connectivity index (χ4n) is 2.58. The summed E-state index contributed by atoms with van der Waals surface area (Å²) in [5.74, 6) is -0.862. The summed E-state index contributed by atoms with van der Waals surface area (Å²) in [6.07, 6.45) is 0.615. The van der Waals surface area contributed by atoms with E-state index in [9.17, 15) is 24.6 Å². The summed E-state index contributed by atoms with van der Waals surface area (Å²) in [6, 6.07) is 2.53. The molecule has 0 saturated carbocycles. The van der Waals surface area contributed by atoms with Crippen LogP contribution in [0.25, 0.3) is 28.3 Å². The largest absolute Gasteiger partial charge is 0.515 e. The highest BCUT2D eigenvalue weighted by atomic mass is 16.3. The Morgan fingerprint density at radius 3 is 2.58 bits per heavy atom. The number of carbonyl (C=O) groups is 1. The topological polar surface area (TPSA) is 132 Å². The molecule has 122 valence electrons. The Hall–Kier alpha value is -3.42. The summed E-state index contributed by atoms with van der Waals surface area (Å²) in [7, 11) is 1.44. The highest BCUT2D eigenvalue weighted by Crippen LogP contribution is 2.17. The van der Waals surface area contributed by atoms with E-state index in [4.69, 9.17) is 0 Å². The number of phenols is 1. The molecule has 8 nitrogen and oxygen atoms in total. The third-order valence-corrected chi connectivity index (χ3v) is 3.89. The highest BCUT2D eigenvalue weighted by Gasteiger charge is 2.17. The van der Waals surface area contributed by atoms with Gasteiger partial charge in [0.15, 0.2) is 0 Å². The molecule has 0 spiro atoms. The van der Waals surface area contributed by atoms with E-state index in [1.165, 1.54) is 26.1 Å². The zero-order chi connectivity index (χ0) is 17.6. The number of nitrogens with zero attached hydrogens (tertiary/aromatic N) is 1. The van der Waals surface area contributed by atoms with Crippen LogP contribution in [0.15, 0.2) is 21.7 Å². The number of hydrogen-bond donors (Lipinski definition) is 4. The maximum atomic E-state index is 12.4. The fourth-order valence-corrected chi connectivity index (χ4v) is 2.58. The van der Waals surface area contributed by atoms with Crippen molar-refractivity contribution in [2.24, 2.45) is 0 Å². The summed E-state index contributed by atoms with van der Waals surface area (Å²) in [6.45, 7) is 1.39. The van der Waals surface area contributed by atoms with Crippen molar-refractivity contribution >= 4 is 34.2 Å². The molecule has 24 heavy (non-hydrogen) atoms. The Kier molecular flexibility index (Phi) is 3.44.